The number of aryl methyl sites for hydroxylation is 1. The van der Waals surface area contributed by atoms with Gasteiger partial charge in [-0.3, -0.25) is 19.8 Å². The minimum atomic E-state index is -3.14. The van der Waals surface area contributed by atoms with Crippen molar-refractivity contribution in [1.29, 1.82) is 0 Å². The fourth-order valence-corrected chi connectivity index (χ4v) is 3.69. The summed E-state index contributed by atoms with van der Waals surface area (Å²) in [6.45, 7) is 0.197. The number of halogens is 1. The molecule has 11 heteroatoms. The van der Waals surface area contributed by atoms with Gasteiger partial charge in [0.2, 0.25) is 11.9 Å². The van der Waals surface area contributed by atoms with Crippen LogP contribution in [0.1, 0.15) is 18.4 Å². The molecule has 0 atom stereocenters. The van der Waals surface area contributed by atoms with Crippen molar-refractivity contribution < 1.29 is 13.2 Å². The zero-order chi connectivity index (χ0) is 22.3. The Morgan fingerprint density at radius 3 is 2.68 bits per heavy atom. The molecule has 0 radical (unpaired) electrons. The Morgan fingerprint density at radius 2 is 2.00 bits per heavy atom. The van der Waals surface area contributed by atoms with Crippen molar-refractivity contribution in [2.24, 2.45) is 0 Å². The van der Waals surface area contributed by atoms with Gasteiger partial charge in [-0.2, -0.15) is 4.98 Å². The monoisotopic (exact) mass is 462 g/mol. The Balaban J connectivity index is 1.74. The first-order chi connectivity index (χ1) is 14.8. The van der Waals surface area contributed by atoms with Gasteiger partial charge in [-0.05, 0) is 18.4 Å². The molecule has 0 saturated carbocycles. The maximum atomic E-state index is 12.9. The van der Waals surface area contributed by atoms with E-state index in [9.17, 15) is 13.2 Å². The second-order valence-corrected chi connectivity index (χ2v) is 9.62. The van der Waals surface area contributed by atoms with Gasteiger partial charge >= 0.3 is 0 Å². The Hall–Kier alpha value is -2.98. The highest BCUT2D eigenvalue weighted by Gasteiger charge is 2.16. The SMILES string of the molecule is CS(=O)(=O)CCCN(Nc1cc(Cl)nc(-n2ccnc2)n1)C(=O)CCc1ccccc1. The van der Waals surface area contributed by atoms with Gasteiger partial charge in [0.05, 0.1) is 5.75 Å². The van der Waals surface area contributed by atoms with Crippen molar-refractivity contribution in [3.05, 3.63) is 65.8 Å². The van der Waals surface area contributed by atoms with E-state index >= 15 is 0 Å². The molecule has 0 aliphatic carbocycles. The van der Waals surface area contributed by atoms with E-state index in [1.807, 2.05) is 30.3 Å². The quantitative estimate of drug-likeness (QED) is 0.364. The van der Waals surface area contributed by atoms with Crippen LogP contribution in [0, 0.1) is 0 Å². The molecular formula is C20H23ClN6O3S. The smallest absolute Gasteiger partial charge is 0.241 e. The van der Waals surface area contributed by atoms with E-state index < -0.39 is 9.84 Å². The number of amides is 1. The molecule has 0 aliphatic rings. The lowest BCUT2D eigenvalue weighted by Gasteiger charge is -2.24. The van der Waals surface area contributed by atoms with Crippen LogP contribution in [0.5, 0.6) is 0 Å². The maximum absolute atomic E-state index is 12.9. The second-order valence-electron chi connectivity index (χ2n) is 6.97. The highest BCUT2D eigenvalue weighted by Crippen LogP contribution is 2.16. The van der Waals surface area contributed by atoms with E-state index in [2.05, 4.69) is 20.4 Å². The van der Waals surface area contributed by atoms with Crippen LogP contribution >= 0.6 is 11.6 Å². The summed E-state index contributed by atoms with van der Waals surface area (Å²) in [6.07, 6.45) is 7.06. The molecule has 2 aromatic heterocycles. The van der Waals surface area contributed by atoms with E-state index in [-0.39, 0.29) is 36.2 Å². The molecule has 31 heavy (non-hydrogen) atoms. The molecule has 0 bridgehead atoms. The van der Waals surface area contributed by atoms with Gasteiger partial charge in [0.15, 0.2) is 5.82 Å². The molecule has 164 valence electrons. The molecule has 1 amide bonds. The average molecular weight is 463 g/mol. The molecule has 1 aromatic carbocycles. The topological polar surface area (TPSA) is 110 Å². The van der Waals surface area contributed by atoms with Crippen LogP contribution in [0.25, 0.3) is 5.95 Å². The fourth-order valence-electron chi connectivity index (χ4n) is 2.85. The lowest BCUT2D eigenvalue weighted by Crippen LogP contribution is -2.38. The molecule has 0 unspecified atom stereocenters. The van der Waals surface area contributed by atoms with E-state index in [1.54, 1.807) is 17.0 Å². The van der Waals surface area contributed by atoms with Crippen molar-refractivity contribution in [3.8, 4) is 5.95 Å². The fraction of sp³-hybridized carbons (Fsp3) is 0.300. The number of imidazole rings is 1. The van der Waals surface area contributed by atoms with Crippen molar-refractivity contribution in [2.75, 3.05) is 24.0 Å². The van der Waals surface area contributed by atoms with Crippen molar-refractivity contribution in [1.82, 2.24) is 24.5 Å². The summed E-state index contributed by atoms with van der Waals surface area (Å²) in [4.78, 5) is 25.4. The molecule has 2 heterocycles. The van der Waals surface area contributed by atoms with Crippen LogP contribution < -0.4 is 5.43 Å². The third-order valence-electron chi connectivity index (χ3n) is 4.34. The predicted octanol–water partition coefficient (Wildman–Crippen LogP) is 2.54. The standard InChI is InChI=1S/C20H23ClN6O3S/c1-31(29,30)13-5-11-27(19(28)9-8-16-6-3-2-4-7-16)25-18-14-17(21)23-20(24-18)26-12-10-22-15-26/h2-4,6-7,10,12,14-15H,5,8-9,11,13H2,1H3,(H,23,24,25). The largest absolute Gasteiger partial charge is 0.279 e. The maximum Gasteiger partial charge on any atom is 0.241 e. The van der Waals surface area contributed by atoms with Crippen LogP contribution in [-0.4, -0.2) is 57.4 Å². The van der Waals surface area contributed by atoms with Crippen molar-refractivity contribution >= 4 is 33.2 Å². The summed E-state index contributed by atoms with van der Waals surface area (Å²) in [6, 6.07) is 11.2. The first-order valence-electron chi connectivity index (χ1n) is 9.62. The van der Waals surface area contributed by atoms with Crippen molar-refractivity contribution in [2.45, 2.75) is 19.3 Å². The number of sulfone groups is 1. The van der Waals surface area contributed by atoms with Crippen LogP contribution in [0.2, 0.25) is 5.15 Å². The molecule has 3 rings (SSSR count). The Kier molecular flexibility index (Phi) is 7.59. The normalized spacial score (nSPS) is 11.3. The molecule has 3 aromatic rings. The number of hydrazine groups is 1. The van der Waals surface area contributed by atoms with Crippen LogP contribution in [0.3, 0.4) is 0 Å². The van der Waals surface area contributed by atoms with E-state index in [1.165, 1.54) is 23.7 Å². The number of carbonyl (C=O) groups excluding carboxylic acids is 1. The number of nitrogens with zero attached hydrogens (tertiary/aromatic N) is 5. The molecule has 0 spiro atoms. The zero-order valence-corrected chi connectivity index (χ0v) is 18.6. The van der Waals surface area contributed by atoms with Gasteiger partial charge in [0.25, 0.3) is 0 Å². The highest BCUT2D eigenvalue weighted by atomic mass is 35.5. The number of aromatic nitrogens is 4. The summed E-state index contributed by atoms with van der Waals surface area (Å²) in [5.41, 5.74) is 4.01. The minimum absolute atomic E-state index is 0.0258. The van der Waals surface area contributed by atoms with E-state index in [0.717, 1.165) is 5.56 Å². The summed E-state index contributed by atoms with van der Waals surface area (Å²) in [5, 5.41) is 1.57. The Morgan fingerprint density at radius 1 is 1.23 bits per heavy atom. The van der Waals surface area contributed by atoms with Gasteiger partial charge in [-0.1, -0.05) is 41.9 Å². The first kappa shape index (κ1) is 22.7. The lowest BCUT2D eigenvalue weighted by molar-refractivity contribution is -0.129. The number of hydrogen-bond acceptors (Lipinski definition) is 7. The third kappa shape index (κ3) is 7.34. The molecule has 9 nitrogen and oxygen atoms in total. The second kappa shape index (κ2) is 10.4. The number of hydrogen-bond donors (Lipinski definition) is 1. The molecular weight excluding hydrogens is 440 g/mol. The van der Waals surface area contributed by atoms with Gasteiger partial charge in [-0.15, -0.1) is 0 Å². The number of nitrogens with one attached hydrogen (secondary N) is 1. The molecule has 1 N–H and O–H groups in total. The van der Waals surface area contributed by atoms with E-state index in [0.29, 0.717) is 18.2 Å². The van der Waals surface area contributed by atoms with Gasteiger partial charge in [0, 0.05) is 37.7 Å². The summed E-state index contributed by atoms with van der Waals surface area (Å²) in [7, 11) is -3.14. The number of anilines is 1. The minimum Gasteiger partial charge on any atom is -0.279 e. The number of carbonyl (C=O) groups is 1. The van der Waals surface area contributed by atoms with Gasteiger partial charge in [0.1, 0.15) is 21.3 Å². The molecule has 0 saturated heterocycles. The Bertz CT molecular complexity index is 1110. The number of rotatable bonds is 10. The van der Waals surface area contributed by atoms with E-state index in [4.69, 9.17) is 11.6 Å². The van der Waals surface area contributed by atoms with Crippen LogP contribution in [0.15, 0.2) is 55.1 Å². The van der Waals surface area contributed by atoms with Crippen LogP contribution in [0.4, 0.5) is 5.82 Å². The predicted molar refractivity (Wildman–Crippen MR) is 119 cm³/mol. The van der Waals surface area contributed by atoms with Crippen molar-refractivity contribution in [3.63, 3.8) is 0 Å². The summed E-state index contributed by atoms with van der Waals surface area (Å²) < 4.78 is 24.6. The molecule has 0 fully saturated rings. The highest BCUT2D eigenvalue weighted by molar-refractivity contribution is 7.90. The average Bonchev–Trinajstić information content (AvgIpc) is 3.26. The first-order valence-corrected chi connectivity index (χ1v) is 12.1. The van der Waals surface area contributed by atoms with Gasteiger partial charge < -0.3 is 0 Å². The third-order valence-corrected chi connectivity index (χ3v) is 5.56. The van der Waals surface area contributed by atoms with Crippen LogP contribution in [-0.2, 0) is 21.1 Å². The number of benzene rings is 1. The lowest BCUT2D eigenvalue weighted by atomic mass is 10.1. The summed E-state index contributed by atoms with van der Waals surface area (Å²) in [5.74, 6) is 0.398. The summed E-state index contributed by atoms with van der Waals surface area (Å²) >= 11 is 6.13. The van der Waals surface area contributed by atoms with Gasteiger partial charge in [-0.25, -0.2) is 18.4 Å². The zero-order valence-electron chi connectivity index (χ0n) is 17.0. The molecule has 0 aliphatic heterocycles. The Labute approximate surface area is 186 Å².